The summed E-state index contributed by atoms with van der Waals surface area (Å²) in [4.78, 5) is 16.4. The first kappa shape index (κ1) is 21.4. The molecule has 0 unspecified atom stereocenters. The van der Waals surface area contributed by atoms with Crippen LogP contribution in [0.1, 0.15) is 23.7 Å². The van der Waals surface area contributed by atoms with E-state index in [1.165, 1.54) is 19.4 Å². The Balaban J connectivity index is 1.97. The van der Waals surface area contributed by atoms with Crippen molar-refractivity contribution < 1.29 is 31.1 Å². The van der Waals surface area contributed by atoms with Crippen LogP contribution in [0.5, 0.6) is 5.88 Å². The maximum atomic E-state index is 14.7. The van der Waals surface area contributed by atoms with Crippen LogP contribution in [0.15, 0.2) is 18.3 Å². The molecule has 3 N–H and O–H groups in total. The zero-order valence-electron chi connectivity index (χ0n) is 15.7. The number of ether oxygens (including phenoxy) is 1. The molecule has 0 aliphatic heterocycles. The van der Waals surface area contributed by atoms with Crippen LogP contribution in [0.4, 0.5) is 24.5 Å². The molecule has 0 saturated carbocycles. The summed E-state index contributed by atoms with van der Waals surface area (Å²) in [7, 11) is -2.65. The highest BCUT2D eigenvalue weighted by Crippen LogP contribution is 2.27. The number of carbonyl (C=O) groups is 1. The number of nitrogens with zero attached hydrogens (tertiary/aromatic N) is 2. The number of hydrogen-bond acceptors (Lipinski definition) is 6. The standard InChI is InChI=1S/C17H16F3N5O4S/c1-3-4-30(27,28)25-11-6-10(18)13(19)12(14(11)20)16(26)22-8-5-9-15(21-7-8)23-24-17(9)29-2/h5-7,25H,3-4H2,1-2H3,(H,22,26)(H,21,23,24). The summed E-state index contributed by atoms with van der Waals surface area (Å²) >= 11 is 0. The van der Waals surface area contributed by atoms with Crippen LogP contribution in [0, 0.1) is 17.5 Å². The normalized spacial score (nSPS) is 11.5. The average Bonchev–Trinajstić information content (AvgIpc) is 3.08. The van der Waals surface area contributed by atoms with Gasteiger partial charge in [-0.25, -0.2) is 26.6 Å². The Morgan fingerprint density at radius 1 is 1.23 bits per heavy atom. The number of anilines is 2. The van der Waals surface area contributed by atoms with Gasteiger partial charge >= 0.3 is 0 Å². The zero-order valence-corrected chi connectivity index (χ0v) is 16.5. The van der Waals surface area contributed by atoms with Crippen molar-refractivity contribution in [3.63, 3.8) is 0 Å². The van der Waals surface area contributed by atoms with E-state index in [1.807, 2.05) is 4.72 Å². The minimum Gasteiger partial charge on any atom is -0.479 e. The Hall–Kier alpha value is -3.35. The summed E-state index contributed by atoms with van der Waals surface area (Å²) < 4.78 is 73.4. The smallest absolute Gasteiger partial charge is 0.261 e. The van der Waals surface area contributed by atoms with Gasteiger partial charge in [0.2, 0.25) is 15.9 Å². The van der Waals surface area contributed by atoms with E-state index < -0.39 is 44.6 Å². The van der Waals surface area contributed by atoms with Gasteiger partial charge in [-0.2, -0.15) is 0 Å². The second-order valence-corrected chi connectivity index (χ2v) is 7.98. The van der Waals surface area contributed by atoms with Crippen LogP contribution in [-0.4, -0.2) is 42.4 Å². The molecular formula is C17H16F3N5O4S. The van der Waals surface area contributed by atoms with Gasteiger partial charge in [-0.15, -0.1) is 5.10 Å². The van der Waals surface area contributed by atoms with Crippen molar-refractivity contribution in [1.29, 1.82) is 0 Å². The Labute approximate surface area is 168 Å². The lowest BCUT2D eigenvalue weighted by molar-refractivity contribution is 0.101. The van der Waals surface area contributed by atoms with Gasteiger partial charge in [-0.05, 0) is 12.5 Å². The number of hydrogen-bond donors (Lipinski definition) is 3. The van der Waals surface area contributed by atoms with Gasteiger partial charge in [0.25, 0.3) is 5.91 Å². The number of benzene rings is 1. The van der Waals surface area contributed by atoms with E-state index in [0.29, 0.717) is 17.1 Å². The molecule has 0 aliphatic carbocycles. The summed E-state index contributed by atoms with van der Waals surface area (Å²) in [6.07, 6.45) is 1.39. The molecule has 2 aromatic heterocycles. The second kappa shape index (κ2) is 8.18. The van der Waals surface area contributed by atoms with Crippen molar-refractivity contribution >= 4 is 38.3 Å². The van der Waals surface area contributed by atoms with E-state index in [4.69, 9.17) is 4.74 Å². The number of rotatable bonds is 7. The van der Waals surface area contributed by atoms with Crippen LogP contribution in [0.25, 0.3) is 11.0 Å². The zero-order chi connectivity index (χ0) is 22.1. The lowest BCUT2D eigenvalue weighted by Gasteiger charge is -2.13. The van der Waals surface area contributed by atoms with Crippen LogP contribution in [-0.2, 0) is 10.0 Å². The minimum atomic E-state index is -4.01. The van der Waals surface area contributed by atoms with Crippen molar-refractivity contribution in [3.05, 3.63) is 41.3 Å². The summed E-state index contributed by atoms with van der Waals surface area (Å²) in [5, 5.41) is 8.99. The van der Waals surface area contributed by atoms with E-state index in [9.17, 15) is 26.4 Å². The topological polar surface area (TPSA) is 126 Å². The predicted octanol–water partition coefficient (Wildman–Crippen LogP) is 2.79. The first-order valence-corrected chi connectivity index (χ1v) is 10.2. The second-order valence-electron chi connectivity index (χ2n) is 6.14. The molecule has 9 nitrogen and oxygen atoms in total. The molecule has 0 radical (unpaired) electrons. The molecule has 2 heterocycles. The molecule has 3 rings (SSSR count). The van der Waals surface area contributed by atoms with Crippen molar-refractivity contribution in [1.82, 2.24) is 15.2 Å². The Bertz CT molecular complexity index is 1230. The van der Waals surface area contributed by atoms with Gasteiger partial charge in [0.15, 0.2) is 23.1 Å². The molecule has 0 spiro atoms. The van der Waals surface area contributed by atoms with Gasteiger partial charge in [0.1, 0.15) is 5.56 Å². The number of aromatic nitrogens is 3. The molecule has 3 aromatic rings. The Morgan fingerprint density at radius 2 is 1.97 bits per heavy atom. The molecule has 160 valence electrons. The van der Waals surface area contributed by atoms with Gasteiger partial charge in [-0.1, -0.05) is 6.92 Å². The summed E-state index contributed by atoms with van der Waals surface area (Å²) in [6.45, 7) is 1.57. The molecule has 0 aliphatic rings. The van der Waals surface area contributed by atoms with Gasteiger partial charge in [0, 0.05) is 6.07 Å². The molecule has 0 saturated heterocycles. The van der Waals surface area contributed by atoms with Crippen LogP contribution in [0.3, 0.4) is 0 Å². The number of H-pyrrole nitrogens is 1. The number of carbonyl (C=O) groups excluding carboxylic acids is 1. The van der Waals surface area contributed by atoms with E-state index in [-0.39, 0.29) is 23.7 Å². The molecular weight excluding hydrogens is 427 g/mol. The van der Waals surface area contributed by atoms with E-state index in [2.05, 4.69) is 20.5 Å². The molecule has 1 aromatic carbocycles. The van der Waals surface area contributed by atoms with Crippen LogP contribution in [0.2, 0.25) is 0 Å². The van der Waals surface area contributed by atoms with Crippen molar-refractivity contribution in [2.24, 2.45) is 0 Å². The van der Waals surface area contributed by atoms with Crippen molar-refractivity contribution in [3.8, 4) is 5.88 Å². The van der Waals surface area contributed by atoms with Gasteiger partial charge < -0.3 is 10.1 Å². The third-order valence-electron chi connectivity index (χ3n) is 3.95. The number of methoxy groups -OCH3 is 1. The highest BCUT2D eigenvalue weighted by Gasteiger charge is 2.26. The fourth-order valence-corrected chi connectivity index (χ4v) is 3.79. The lowest BCUT2D eigenvalue weighted by Crippen LogP contribution is -2.21. The van der Waals surface area contributed by atoms with E-state index in [1.54, 1.807) is 6.92 Å². The number of pyridine rings is 1. The van der Waals surface area contributed by atoms with Crippen molar-refractivity contribution in [2.45, 2.75) is 13.3 Å². The summed E-state index contributed by atoms with van der Waals surface area (Å²) in [5.41, 5.74) is -1.81. The number of amides is 1. The number of nitrogens with one attached hydrogen (secondary N) is 3. The van der Waals surface area contributed by atoms with Crippen molar-refractivity contribution in [2.75, 3.05) is 22.9 Å². The maximum Gasteiger partial charge on any atom is 0.261 e. The Morgan fingerprint density at radius 3 is 2.63 bits per heavy atom. The summed E-state index contributed by atoms with van der Waals surface area (Å²) in [6, 6.07) is 1.71. The third-order valence-corrected chi connectivity index (χ3v) is 5.43. The number of halogens is 3. The number of sulfonamides is 1. The monoisotopic (exact) mass is 443 g/mol. The average molecular weight is 443 g/mol. The SMILES string of the molecule is CCCS(=O)(=O)Nc1cc(F)c(F)c(C(=O)Nc2cnc3[nH]nc(OC)c3c2)c1F. The first-order valence-electron chi connectivity index (χ1n) is 8.54. The van der Waals surface area contributed by atoms with Gasteiger partial charge in [-0.3, -0.25) is 14.6 Å². The fourth-order valence-electron chi connectivity index (χ4n) is 2.66. The number of fused-ring (bicyclic) bond motifs is 1. The molecule has 1 amide bonds. The van der Waals surface area contributed by atoms with Crippen LogP contribution < -0.4 is 14.8 Å². The molecule has 0 fully saturated rings. The maximum absolute atomic E-state index is 14.7. The molecule has 30 heavy (non-hydrogen) atoms. The summed E-state index contributed by atoms with van der Waals surface area (Å²) in [5.74, 6) is -6.46. The Kier molecular flexibility index (Phi) is 5.82. The lowest BCUT2D eigenvalue weighted by atomic mass is 10.1. The third kappa shape index (κ3) is 4.15. The highest BCUT2D eigenvalue weighted by atomic mass is 32.2. The van der Waals surface area contributed by atoms with Gasteiger partial charge in [0.05, 0.1) is 35.8 Å². The molecule has 0 bridgehead atoms. The minimum absolute atomic E-state index is 0.0170. The fraction of sp³-hybridized carbons (Fsp3) is 0.235. The largest absolute Gasteiger partial charge is 0.479 e. The van der Waals surface area contributed by atoms with Crippen LogP contribution >= 0.6 is 0 Å². The quantitative estimate of drug-likeness (QED) is 0.482. The first-order chi connectivity index (χ1) is 14.2. The van der Waals surface area contributed by atoms with E-state index in [0.717, 1.165) is 0 Å². The van der Waals surface area contributed by atoms with E-state index >= 15 is 0 Å². The highest BCUT2D eigenvalue weighted by molar-refractivity contribution is 7.92. The molecule has 0 atom stereocenters. The molecule has 13 heteroatoms. The number of aromatic amines is 1. The predicted molar refractivity (Wildman–Crippen MR) is 102 cm³/mol.